The molecule has 1 aromatic heterocycles. The molecule has 1 fully saturated rings. The van der Waals surface area contributed by atoms with Gasteiger partial charge in [0, 0.05) is 5.39 Å². The Balaban J connectivity index is 2.02. The van der Waals surface area contributed by atoms with Crippen molar-refractivity contribution in [2.45, 2.75) is 24.5 Å². The second-order valence-corrected chi connectivity index (χ2v) is 6.96. The van der Waals surface area contributed by atoms with Crippen LogP contribution in [0.1, 0.15) is 16.6 Å². The summed E-state index contributed by atoms with van der Waals surface area (Å²) in [4.78, 5) is 22.6. The van der Waals surface area contributed by atoms with Gasteiger partial charge < -0.3 is 29.0 Å². The fourth-order valence-corrected chi connectivity index (χ4v) is 3.60. The molecule has 4 atom stereocenters. The van der Waals surface area contributed by atoms with Gasteiger partial charge >= 0.3 is 6.16 Å². The average molecular weight is 439 g/mol. The zero-order valence-electron chi connectivity index (χ0n) is 13.8. The topological polar surface area (TPSA) is 107 Å². The second-order valence-electron chi connectivity index (χ2n) is 5.79. The van der Waals surface area contributed by atoms with Gasteiger partial charge in [0.2, 0.25) is 0 Å². The summed E-state index contributed by atoms with van der Waals surface area (Å²) in [6.45, 7) is -0.356. The van der Waals surface area contributed by atoms with Crippen molar-refractivity contribution < 1.29 is 34.0 Å². The Labute approximate surface area is 168 Å². The molecule has 2 heterocycles. The third-order valence-electron chi connectivity index (χ3n) is 4.26. The minimum Gasteiger partial charge on any atom is -0.438 e. The predicted molar refractivity (Wildman–Crippen MR) is 96.6 cm³/mol. The van der Waals surface area contributed by atoms with Gasteiger partial charge in [0.1, 0.15) is 30.1 Å². The minimum atomic E-state index is -1.42. The number of ether oxygens (including phenoxy) is 3. The van der Waals surface area contributed by atoms with E-state index in [1.165, 1.54) is 16.7 Å². The largest absolute Gasteiger partial charge is 0.508 e. The van der Waals surface area contributed by atoms with Crippen molar-refractivity contribution in [1.29, 1.82) is 0 Å². The van der Waals surface area contributed by atoms with Gasteiger partial charge in [-0.25, -0.2) is 4.79 Å². The molecule has 0 spiro atoms. The molecule has 0 radical (unpaired) electrons. The summed E-state index contributed by atoms with van der Waals surface area (Å²) in [5.74, 6) is 0. The number of aliphatic hydroxyl groups is 2. The number of benzene rings is 1. The van der Waals surface area contributed by atoms with Crippen molar-refractivity contribution in [3.05, 3.63) is 32.9 Å². The number of halogens is 3. The van der Waals surface area contributed by atoms with E-state index in [1.54, 1.807) is 0 Å². The minimum absolute atomic E-state index is 0.0240. The van der Waals surface area contributed by atoms with E-state index in [2.05, 4.69) is 4.74 Å². The third-order valence-corrected chi connectivity index (χ3v) is 5.37. The molecule has 2 N–H and O–H groups in total. The summed E-state index contributed by atoms with van der Waals surface area (Å²) in [5, 5.41) is 21.4. The first-order valence-electron chi connectivity index (χ1n) is 7.66. The van der Waals surface area contributed by atoms with Gasteiger partial charge in [-0.1, -0.05) is 34.8 Å². The van der Waals surface area contributed by atoms with Crippen LogP contribution in [0.3, 0.4) is 0 Å². The lowest BCUT2D eigenvalue weighted by molar-refractivity contribution is -0.0590. The van der Waals surface area contributed by atoms with Crippen LogP contribution in [0.25, 0.3) is 10.9 Å². The summed E-state index contributed by atoms with van der Waals surface area (Å²) in [7, 11) is 1.13. The molecule has 1 aliphatic rings. The second kappa shape index (κ2) is 7.83. The zero-order chi connectivity index (χ0) is 19.9. The highest BCUT2D eigenvalue weighted by atomic mass is 35.5. The molecule has 27 heavy (non-hydrogen) atoms. The predicted octanol–water partition coefficient (Wildman–Crippen LogP) is 2.82. The van der Waals surface area contributed by atoms with E-state index in [9.17, 15) is 19.8 Å². The Kier molecular flexibility index (Phi) is 5.85. The fourth-order valence-electron chi connectivity index (χ4n) is 2.95. The summed E-state index contributed by atoms with van der Waals surface area (Å²) in [6, 6.07) is 2.94. The summed E-state index contributed by atoms with van der Waals surface area (Å²) >= 11 is 18.4. The molecule has 0 bridgehead atoms. The van der Waals surface area contributed by atoms with E-state index in [0.717, 1.165) is 7.11 Å². The zero-order valence-corrected chi connectivity index (χ0v) is 16.0. The van der Waals surface area contributed by atoms with Gasteiger partial charge in [-0.15, -0.1) is 0 Å². The lowest BCUT2D eigenvalue weighted by Crippen LogP contribution is -2.34. The number of aldehydes is 1. The highest BCUT2D eigenvalue weighted by Gasteiger charge is 2.45. The van der Waals surface area contributed by atoms with Crippen LogP contribution in [0.2, 0.25) is 15.2 Å². The number of methoxy groups -OCH3 is 1. The maximum Gasteiger partial charge on any atom is 0.508 e. The quantitative estimate of drug-likeness (QED) is 0.558. The van der Waals surface area contributed by atoms with Gasteiger partial charge in [-0.2, -0.15) is 0 Å². The van der Waals surface area contributed by atoms with E-state index in [-0.39, 0.29) is 27.4 Å². The number of aliphatic hydroxyl groups excluding tert-OH is 2. The van der Waals surface area contributed by atoms with Crippen molar-refractivity contribution in [2.75, 3.05) is 13.7 Å². The average Bonchev–Trinajstić information content (AvgIpc) is 3.06. The third kappa shape index (κ3) is 3.49. The molecule has 146 valence electrons. The summed E-state index contributed by atoms with van der Waals surface area (Å²) in [6.07, 6.45) is -5.42. The maximum atomic E-state index is 11.5. The number of nitrogens with zero attached hydrogens (tertiary/aromatic N) is 1. The lowest BCUT2D eigenvalue weighted by Gasteiger charge is -2.19. The van der Waals surface area contributed by atoms with E-state index >= 15 is 0 Å². The van der Waals surface area contributed by atoms with Crippen molar-refractivity contribution in [3.63, 3.8) is 0 Å². The number of aromatic nitrogens is 1. The summed E-state index contributed by atoms with van der Waals surface area (Å²) < 4.78 is 16.1. The van der Waals surface area contributed by atoms with Gasteiger partial charge in [-0.3, -0.25) is 4.79 Å². The maximum absolute atomic E-state index is 11.5. The number of hydrogen-bond acceptors (Lipinski definition) is 7. The molecule has 0 aliphatic carbocycles. The first-order chi connectivity index (χ1) is 12.8. The van der Waals surface area contributed by atoms with Crippen molar-refractivity contribution in [3.8, 4) is 0 Å². The van der Waals surface area contributed by atoms with Crippen molar-refractivity contribution >= 4 is 58.1 Å². The fraction of sp³-hybridized carbons (Fsp3) is 0.375. The van der Waals surface area contributed by atoms with E-state index < -0.39 is 30.7 Å². The number of fused-ring (bicyclic) bond motifs is 1. The van der Waals surface area contributed by atoms with Crippen molar-refractivity contribution in [2.24, 2.45) is 0 Å². The van der Waals surface area contributed by atoms with E-state index in [1.807, 2.05) is 0 Å². The first kappa shape index (κ1) is 20.2. The molecule has 2 aromatic rings. The number of carbonyl (C=O) groups is 2. The SMILES string of the molecule is COC(=O)OC[C@H]1OC(n2c(Cl)c(C=O)c3cc(Cl)c(Cl)cc32)[C@H](O)[C@@H]1O. The molecule has 1 aliphatic heterocycles. The number of hydrogen-bond donors (Lipinski definition) is 2. The number of carbonyl (C=O) groups excluding carboxylic acids is 2. The monoisotopic (exact) mass is 437 g/mol. The van der Waals surface area contributed by atoms with Crippen LogP contribution in [0, 0.1) is 0 Å². The number of rotatable bonds is 4. The highest BCUT2D eigenvalue weighted by molar-refractivity contribution is 6.43. The Bertz CT molecular complexity index is 900. The van der Waals surface area contributed by atoms with Crippen LogP contribution in [0.15, 0.2) is 12.1 Å². The van der Waals surface area contributed by atoms with Crippen LogP contribution in [-0.2, 0) is 14.2 Å². The highest BCUT2D eigenvalue weighted by Crippen LogP contribution is 2.40. The van der Waals surface area contributed by atoms with Crippen LogP contribution in [-0.4, -0.2) is 59.3 Å². The van der Waals surface area contributed by atoms with Crippen LogP contribution < -0.4 is 0 Å². The Morgan fingerprint density at radius 1 is 1.26 bits per heavy atom. The molecule has 1 unspecified atom stereocenters. The van der Waals surface area contributed by atoms with Gasteiger partial charge in [0.15, 0.2) is 12.5 Å². The molecular weight excluding hydrogens is 425 g/mol. The summed E-state index contributed by atoms with van der Waals surface area (Å²) in [5.41, 5.74) is 0.507. The molecule has 8 nitrogen and oxygen atoms in total. The molecule has 3 rings (SSSR count). The molecule has 1 saturated heterocycles. The van der Waals surface area contributed by atoms with Crippen LogP contribution in [0.4, 0.5) is 4.79 Å². The van der Waals surface area contributed by atoms with Crippen LogP contribution in [0.5, 0.6) is 0 Å². The van der Waals surface area contributed by atoms with Crippen LogP contribution >= 0.6 is 34.8 Å². The Morgan fingerprint density at radius 3 is 2.56 bits per heavy atom. The molecule has 11 heteroatoms. The molecule has 1 aromatic carbocycles. The van der Waals surface area contributed by atoms with Gasteiger partial charge in [-0.05, 0) is 12.1 Å². The van der Waals surface area contributed by atoms with Crippen molar-refractivity contribution in [1.82, 2.24) is 4.57 Å². The van der Waals surface area contributed by atoms with E-state index in [0.29, 0.717) is 17.2 Å². The molecular formula is C16H14Cl3NO7. The Hall–Kier alpha value is -1.55. The van der Waals surface area contributed by atoms with Gasteiger partial charge in [0.25, 0.3) is 0 Å². The Morgan fingerprint density at radius 2 is 1.93 bits per heavy atom. The normalized spacial score (nSPS) is 25.0. The molecule has 0 saturated carbocycles. The van der Waals surface area contributed by atoms with E-state index in [4.69, 9.17) is 44.3 Å². The standard InChI is InChI=1S/C16H14Cl3NO7/c1-25-16(24)26-5-11-12(22)13(23)15(27-11)20-10-3-9(18)8(17)2-6(10)7(4-21)14(20)19/h2-4,11-13,15,22-23H,5H2,1H3/t11-,12-,13-,15?/m1/s1. The lowest BCUT2D eigenvalue weighted by atomic mass is 10.1. The smallest absolute Gasteiger partial charge is 0.438 e. The molecule has 0 amide bonds. The van der Waals surface area contributed by atoms with Gasteiger partial charge in [0.05, 0.1) is 28.2 Å². The first-order valence-corrected chi connectivity index (χ1v) is 8.79.